The highest BCUT2D eigenvalue weighted by Gasteiger charge is 2.19. The maximum atomic E-state index is 12.1. The Kier molecular flexibility index (Phi) is 5.48. The molecule has 0 bridgehead atoms. The largest absolute Gasteiger partial charge is 0.352 e. The maximum absolute atomic E-state index is 12.1. The van der Waals surface area contributed by atoms with Crippen LogP contribution in [0.1, 0.15) is 49.6 Å². The quantitative estimate of drug-likeness (QED) is 0.921. The molecular formula is C19H25N3O. The first kappa shape index (κ1) is 17.1. The Morgan fingerprint density at radius 2 is 2.04 bits per heavy atom. The first-order chi connectivity index (χ1) is 10.9. The molecule has 0 spiro atoms. The van der Waals surface area contributed by atoms with E-state index in [1.54, 1.807) is 12.5 Å². The zero-order valence-corrected chi connectivity index (χ0v) is 14.4. The van der Waals surface area contributed by atoms with Gasteiger partial charge in [-0.15, -0.1) is 0 Å². The summed E-state index contributed by atoms with van der Waals surface area (Å²) in [5.41, 5.74) is 4.30. The predicted octanol–water partition coefficient (Wildman–Crippen LogP) is 3.33. The van der Waals surface area contributed by atoms with Crippen LogP contribution in [0.2, 0.25) is 0 Å². The molecule has 1 aromatic heterocycles. The average Bonchev–Trinajstić information content (AvgIpc) is 2.50. The van der Waals surface area contributed by atoms with Gasteiger partial charge >= 0.3 is 0 Å². The molecule has 1 amide bonds. The number of rotatable bonds is 5. The number of hydrogen-bond donors (Lipinski definition) is 1. The number of amides is 1. The molecule has 2 rings (SSSR count). The summed E-state index contributed by atoms with van der Waals surface area (Å²) in [4.78, 5) is 20.5. The van der Waals surface area contributed by atoms with E-state index in [4.69, 9.17) is 0 Å². The van der Waals surface area contributed by atoms with E-state index >= 15 is 0 Å². The van der Waals surface area contributed by atoms with Crippen LogP contribution in [-0.4, -0.2) is 15.9 Å². The van der Waals surface area contributed by atoms with Gasteiger partial charge in [0.2, 0.25) is 5.91 Å². The fourth-order valence-electron chi connectivity index (χ4n) is 2.57. The standard InChI is InChI=1S/C19H25N3O/c1-14-6-5-7-15(10-14)8-9-17(23)21-12-16-11-20-13-22-18(16)19(2,3)4/h5-7,10-11,13H,8-9,12H2,1-4H3,(H,21,23). The number of aromatic nitrogens is 2. The summed E-state index contributed by atoms with van der Waals surface area (Å²) in [6.45, 7) is 8.86. The van der Waals surface area contributed by atoms with E-state index in [1.165, 1.54) is 11.1 Å². The van der Waals surface area contributed by atoms with Crippen LogP contribution in [0.25, 0.3) is 0 Å². The zero-order chi connectivity index (χ0) is 16.9. The van der Waals surface area contributed by atoms with Gasteiger partial charge in [-0.2, -0.15) is 0 Å². The molecule has 0 unspecified atom stereocenters. The molecule has 122 valence electrons. The third-order valence-corrected chi connectivity index (χ3v) is 3.70. The summed E-state index contributed by atoms with van der Waals surface area (Å²) >= 11 is 0. The van der Waals surface area contributed by atoms with Crippen molar-refractivity contribution in [2.24, 2.45) is 0 Å². The molecule has 4 nitrogen and oxygen atoms in total. The van der Waals surface area contributed by atoms with Crippen LogP contribution in [0.3, 0.4) is 0 Å². The number of nitrogens with zero attached hydrogens (tertiary/aromatic N) is 2. The van der Waals surface area contributed by atoms with Crippen LogP contribution in [0.5, 0.6) is 0 Å². The van der Waals surface area contributed by atoms with Gasteiger partial charge in [0.15, 0.2) is 0 Å². The lowest BCUT2D eigenvalue weighted by atomic mass is 9.89. The molecule has 0 aliphatic heterocycles. The summed E-state index contributed by atoms with van der Waals surface area (Å²) in [7, 11) is 0. The summed E-state index contributed by atoms with van der Waals surface area (Å²) in [6, 6.07) is 8.27. The molecule has 0 aliphatic rings. The highest BCUT2D eigenvalue weighted by atomic mass is 16.1. The Labute approximate surface area is 138 Å². The van der Waals surface area contributed by atoms with E-state index < -0.39 is 0 Å². The SMILES string of the molecule is Cc1cccc(CCC(=O)NCc2cncnc2C(C)(C)C)c1. The van der Waals surface area contributed by atoms with Crippen molar-refractivity contribution < 1.29 is 4.79 Å². The van der Waals surface area contributed by atoms with Crippen LogP contribution in [-0.2, 0) is 23.2 Å². The molecule has 0 atom stereocenters. The van der Waals surface area contributed by atoms with Crippen molar-refractivity contribution in [3.63, 3.8) is 0 Å². The molecule has 0 aliphatic carbocycles. The summed E-state index contributed by atoms with van der Waals surface area (Å²) in [6.07, 6.45) is 4.59. The van der Waals surface area contributed by atoms with Gasteiger partial charge in [0.25, 0.3) is 0 Å². The van der Waals surface area contributed by atoms with Crippen molar-refractivity contribution in [2.75, 3.05) is 0 Å². The van der Waals surface area contributed by atoms with Crippen LogP contribution in [0, 0.1) is 6.92 Å². The Morgan fingerprint density at radius 3 is 2.74 bits per heavy atom. The number of nitrogens with one attached hydrogen (secondary N) is 1. The molecule has 1 N–H and O–H groups in total. The third kappa shape index (κ3) is 5.16. The number of aryl methyl sites for hydroxylation is 2. The Morgan fingerprint density at radius 1 is 1.26 bits per heavy atom. The number of benzene rings is 1. The smallest absolute Gasteiger partial charge is 0.220 e. The highest BCUT2D eigenvalue weighted by molar-refractivity contribution is 5.76. The van der Waals surface area contributed by atoms with Crippen LogP contribution < -0.4 is 5.32 Å². The van der Waals surface area contributed by atoms with E-state index in [9.17, 15) is 4.79 Å². The molecule has 0 fully saturated rings. The number of carbonyl (C=O) groups is 1. The van der Waals surface area contributed by atoms with E-state index in [1.807, 2.05) is 6.07 Å². The van der Waals surface area contributed by atoms with E-state index in [0.29, 0.717) is 13.0 Å². The monoisotopic (exact) mass is 311 g/mol. The minimum absolute atomic E-state index is 0.0511. The minimum Gasteiger partial charge on any atom is -0.352 e. The lowest BCUT2D eigenvalue weighted by molar-refractivity contribution is -0.121. The van der Waals surface area contributed by atoms with Crippen molar-refractivity contribution in [3.05, 3.63) is 59.2 Å². The third-order valence-electron chi connectivity index (χ3n) is 3.70. The maximum Gasteiger partial charge on any atom is 0.220 e. The molecule has 1 aromatic carbocycles. The highest BCUT2D eigenvalue weighted by Crippen LogP contribution is 2.22. The second-order valence-electron chi connectivity index (χ2n) is 6.91. The van der Waals surface area contributed by atoms with Gasteiger partial charge in [-0.1, -0.05) is 50.6 Å². The normalized spacial score (nSPS) is 11.3. The fraction of sp³-hybridized carbons (Fsp3) is 0.421. The van der Waals surface area contributed by atoms with Crippen molar-refractivity contribution in [1.29, 1.82) is 0 Å². The van der Waals surface area contributed by atoms with Gasteiger partial charge in [0, 0.05) is 30.1 Å². The summed E-state index contributed by atoms with van der Waals surface area (Å²) in [5.74, 6) is 0.0511. The van der Waals surface area contributed by atoms with Gasteiger partial charge in [0.1, 0.15) is 6.33 Å². The summed E-state index contributed by atoms with van der Waals surface area (Å²) < 4.78 is 0. The molecule has 0 saturated carbocycles. The van der Waals surface area contributed by atoms with E-state index in [2.05, 4.69) is 61.2 Å². The molecule has 0 saturated heterocycles. The topological polar surface area (TPSA) is 54.9 Å². The van der Waals surface area contributed by atoms with Crippen molar-refractivity contribution in [2.45, 2.75) is 52.5 Å². The molecule has 23 heavy (non-hydrogen) atoms. The van der Waals surface area contributed by atoms with Crippen LogP contribution >= 0.6 is 0 Å². The van der Waals surface area contributed by atoms with Crippen molar-refractivity contribution in [3.8, 4) is 0 Å². The predicted molar refractivity (Wildman–Crippen MR) is 92.1 cm³/mol. The van der Waals surface area contributed by atoms with Crippen LogP contribution in [0.4, 0.5) is 0 Å². The second kappa shape index (κ2) is 7.36. The zero-order valence-electron chi connectivity index (χ0n) is 14.4. The van der Waals surface area contributed by atoms with Gasteiger partial charge < -0.3 is 5.32 Å². The summed E-state index contributed by atoms with van der Waals surface area (Å²) in [5, 5.41) is 2.98. The van der Waals surface area contributed by atoms with Gasteiger partial charge in [-0.3, -0.25) is 4.79 Å². The minimum atomic E-state index is -0.0649. The van der Waals surface area contributed by atoms with Crippen molar-refractivity contribution in [1.82, 2.24) is 15.3 Å². The molecule has 0 radical (unpaired) electrons. The van der Waals surface area contributed by atoms with Gasteiger partial charge in [0.05, 0.1) is 5.69 Å². The molecular weight excluding hydrogens is 286 g/mol. The van der Waals surface area contributed by atoms with E-state index in [-0.39, 0.29) is 11.3 Å². The Hall–Kier alpha value is -2.23. The fourth-order valence-corrected chi connectivity index (χ4v) is 2.57. The second-order valence-corrected chi connectivity index (χ2v) is 6.91. The van der Waals surface area contributed by atoms with Gasteiger partial charge in [-0.25, -0.2) is 9.97 Å². The lowest BCUT2D eigenvalue weighted by Gasteiger charge is -2.21. The van der Waals surface area contributed by atoms with Crippen LogP contribution in [0.15, 0.2) is 36.8 Å². The molecule has 2 aromatic rings. The lowest BCUT2D eigenvalue weighted by Crippen LogP contribution is -2.26. The average molecular weight is 311 g/mol. The number of carbonyl (C=O) groups excluding carboxylic acids is 1. The van der Waals surface area contributed by atoms with Crippen molar-refractivity contribution >= 4 is 5.91 Å². The molecule has 1 heterocycles. The molecule has 4 heteroatoms. The number of hydrogen-bond acceptors (Lipinski definition) is 3. The van der Waals surface area contributed by atoms with E-state index in [0.717, 1.165) is 17.7 Å². The van der Waals surface area contributed by atoms with Gasteiger partial charge in [-0.05, 0) is 18.9 Å². The first-order valence-electron chi connectivity index (χ1n) is 7.98. The Balaban J connectivity index is 1.90. The Bertz CT molecular complexity index is 674. The first-order valence-corrected chi connectivity index (χ1v) is 7.98.